The normalized spacial score (nSPS) is 9.79. The van der Waals surface area contributed by atoms with E-state index in [1.54, 1.807) is 31.3 Å². The fraction of sp³-hybridized carbons (Fsp3) is 0.0769. The molecule has 2 rings (SSSR count). The third kappa shape index (κ3) is 2.90. The Bertz CT molecular complexity index is 653. The first-order valence-electron chi connectivity index (χ1n) is 5.36. The van der Waals surface area contributed by atoms with Crippen molar-refractivity contribution in [2.24, 2.45) is 0 Å². The molecule has 0 unspecified atom stereocenters. The van der Waals surface area contributed by atoms with E-state index >= 15 is 0 Å². The fourth-order valence-corrected chi connectivity index (χ4v) is 1.94. The summed E-state index contributed by atoms with van der Waals surface area (Å²) in [6.07, 6.45) is 0. The Labute approximate surface area is 120 Å². The molecule has 0 aliphatic heterocycles. The zero-order valence-corrected chi connectivity index (χ0v) is 11.5. The van der Waals surface area contributed by atoms with Crippen LogP contribution in [0.5, 0.6) is 11.6 Å². The van der Waals surface area contributed by atoms with Crippen LogP contribution in [0.1, 0.15) is 5.56 Å². The maximum absolute atomic E-state index is 8.99. The van der Waals surface area contributed by atoms with Gasteiger partial charge in [-0.05, 0) is 18.2 Å². The molecule has 96 valence electrons. The van der Waals surface area contributed by atoms with E-state index in [1.807, 2.05) is 6.07 Å². The van der Waals surface area contributed by atoms with Gasteiger partial charge in [0.2, 0.25) is 5.88 Å². The average molecular weight is 294 g/mol. The van der Waals surface area contributed by atoms with Gasteiger partial charge in [-0.25, -0.2) is 0 Å². The maximum atomic E-state index is 8.99. The Morgan fingerprint density at radius 1 is 1.26 bits per heavy atom. The van der Waals surface area contributed by atoms with Gasteiger partial charge in [-0.15, -0.1) is 0 Å². The van der Waals surface area contributed by atoms with Crippen molar-refractivity contribution in [1.29, 1.82) is 5.26 Å². The number of rotatable bonds is 3. The first kappa shape index (κ1) is 13.5. The van der Waals surface area contributed by atoms with Crippen LogP contribution in [0.25, 0.3) is 0 Å². The standard InChI is InChI=1S/C13H9Cl2N3O/c1-17-12-9(14)6-10(15)13(18-12)19-11-5-3-2-4-8(11)7-16/h2-6H,1H3,(H,17,18). The van der Waals surface area contributed by atoms with Crippen molar-refractivity contribution in [1.82, 2.24) is 4.98 Å². The molecule has 0 spiro atoms. The Morgan fingerprint density at radius 3 is 2.68 bits per heavy atom. The molecule has 1 N–H and O–H groups in total. The van der Waals surface area contributed by atoms with Gasteiger partial charge < -0.3 is 10.1 Å². The van der Waals surface area contributed by atoms with Crippen molar-refractivity contribution in [3.05, 3.63) is 45.9 Å². The summed E-state index contributed by atoms with van der Waals surface area (Å²) in [4.78, 5) is 4.15. The number of aromatic nitrogens is 1. The minimum absolute atomic E-state index is 0.193. The molecule has 6 heteroatoms. The van der Waals surface area contributed by atoms with E-state index in [9.17, 15) is 0 Å². The second-order valence-corrected chi connectivity index (χ2v) is 4.38. The van der Waals surface area contributed by atoms with E-state index in [-0.39, 0.29) is 10.9 Å². The SMILES string of the molecule is CNc1nc(Oc2ccccc2C#N)c(Cl)cc1Cl. The quantitative estimate of drug-likeness (QED) is 0.926. The van der Waals surface area contributed by atoms with E-state index in [4.69, 9.17) is 33.2 Å². The van der Waals surface area contributed by atoms with Crippen LogP contribution in [0.15, 0.2) is 30.3 Å². The highest BCUT2D eigenvalue weighted by atomic mass is 35.5. The largest absolute Gasteiger partial charge is 0.436 e. The summed E-state index contributed by atoms with van der Waals surface area (Å²) in [5.74, 6) is 1.04. The molecule has 0 atom stereocenters. The highest BCUT2D eigenvalue weighted by Crippen LogP contribution is 2.34. The van der Waals surface area contributed by atoms with Crippen LogP contribution in [-0.2, 0) is 0 Å². The van der Waals surface area contributed by atoms with E-state index in [0.29, 0.717) is 22.2 Å². The number of nitrogens with one attached hydrogen (secondary N) is 1. The van der Waals surface area contributed by atoms with Gasteiger partial charge >= 0.3 is 0 Å². The van der Waals surface area contributed by atoms with Crippen molar-refractivity contribution in [2.75, 3.05) is 12.4 Å². The molecular formula is C13H9Cl2N3O. The lowest BCUT2D eigenvalue weighted by Gasteiger charge is -2.10. The van der Waals surface area contributed by atoms with E-state index < -0.39 is 0 Å². The molecule has 0 aliphatic rings. The van der Waals surface area contributed by atoms with Crippen molar-refractivity contribution in [3.8, 4) is 17.7 Å². The summed E-state index contributed by atoms with van der Waals surface area (Å²) in [5.41, 5.74) is 0.404. The summed E-state index contributed by atoms with van der Waals surface area (Å²) >= 11 is 12.0. The van der Waals surface area contributed by atoms with E-state index in [0.717, 1.165) is 0 Å². The van der Waals surface area contributed by atoms with Gasteiger partial charge in [0.1, 0.15) is 22.7 Å². The number of nitriles is 1. The Kier molecular flexibility index (Phi) is 4.10. The number of anilines is 1. The topological polar surface area (TPSA) is 57.9 Å². The van der Waals surface area contributed by atoms with Gasteiger partial charge in [0, 0.05) is 7.05 Å². The van der Waals surface area contributed by atoms with E-state index in [2.05, 4.69) is 10.3 Å². The van der Waals surface area contributed by atoms with Crippen molar-refractivity contribution >= 4 is 29.0 Å². The molecule has 0 saturated carbocycles. The molecule has 0 fully saturated rings. The predicted molar refractivity (Wildman–Crippen MR) is 75.0 cm³/mol. The molecule has 0 amide bonds. The van der Waals surface area contributed by atoms with Gasteiger partial charge in [-0.3, -0.25) is 0 Å². The smallest absolute Gasteiger partial charge is 0.240 e. The van der Waals surface area contributed by atoms with Crippen LogP contribution in [0, 0.1) is 11.3 Å². The third-order valence-corrected chi connectivity index (χ3v) is 2.91. The van der Waals surface area contributed by atoms with Gasteiger partial charge in [0.25, 0.3) is 0 Å². The number of hydrogen-bond acceptors (Lipinski definition) is 4. The number of para-hydroxylation sites is 1. The van der Waals surface area contributed by atoms with E-state index in [1.165, 1.54) is 6.07 Å². The summed E-state index contributed by atoms with van der Waals surface area (Å²) in [5, 5.41) is 12.5. The maximum Gasteiger partial charge on any atom is 0.240 e. The zero-order valence-electron chi connectivity index (χ0n) is 9.95. The number of halogens is 2. The minimum atomic E-state index is 0.193. The molecule has 0 saturated heterocycles. The summed E-state index contributed by atoms with van der Waals surface area (Å²) in [6.45, 7) is 0. The number of ether oxygens (including phenoxy) is 1. The average Bonchev–Trinajstić information content (AvgIpc) is 2.42. The summed E-state index contributed by atoms with van der Waals surface area (Å²) in [7, 11) is 1.69. The summed E-state index contributed by atoms with van der Waals surface area (Å²) in [6, 6.07) is 10.4. The Morgan fingerprint density at radius 2 is 2.00 bits per heavy atom. The molecule has 1 aromatic carbocycles. The lowest BCUT2D eigenvalue weighted by molar-refractivity contribution is 0.462. The van der Waals surface area contributed by atoms with Crippen molar-refractivity contribution in [3.63, 3.8) is 0 Å². The lowest BCUT2D eigenvalue weighted by atomic mass is 10.2. The molecule has 4 nitrogen and oxygen atoms in total. The molecule has 2 aromatic rings. The monoisotopic (exact) mass is 293 g/mol. The van der Waals surface area contributed by atoms with Gasteiger partial charge in [0.05, 0.1) is 10.6 Å². The molecule has 0 radical (unpaired) electrons. The third-order valence-electron chi connectivity index (χ3n) is 2.35. The first-order chi connectivity index (χ1) is 9.15. The second-order valence-electron chi connectivity index (χ2n) is 3.57. The molecule has 1 aromatic heterocycles. The predicted octanol–water partition coefficient (Wildman–Crippen LogP) is 4.09. The summed E-state index contributed by atoms with van der Waals surface area (Å²) < 4.78 is 5.56. The molecular weight excluding hydrogens is 285 g/mol. The number of pyridine rings is 1. The molecule has 0 bridgehead atoms. The highest BCUT2D eigenvalue weighted by Gasteiger charge is 2.12. The molecule has 0 aliphatic carbocycles. The van der Waals surface area contributed by atoms with Crippen molar-refractivity contribution < 1.29 is 4.74 Å². The van der Waals surface area contributed by atoms with Crippen LogP contribution < -0.4 is 10.1 Å². The van der Waals surface area contributed by atoms with Crippen LogP contribution in [-0.4, -0.2) is 12.0 Å². The van der Waals surface area contributed by atoms with Crippen LogP contribution in [0.4, 0.5) is 5.82 Å². The fourth-order valence-electron chi connectivity index (χ4n) is 1.45. The Balaban J connectivity index is 2.41. The highest BCUT2D eigenvalue weighted by molar-refractivity contribution is 6.36. The molecule has 1 heterocycles. The van der Waals surface area contributed by atoms with Crippen LogP contribution >= 0.6 is 23.2 Å². The number of benzene rings is 1. The first-order valence-corrected chi connectivity index (χ1v) is 6.12. The van der Waals surface area contributed by atoms with Crippen LogP contribution in [0.2, 0.25) is 10.0 Å². The van der Waals surface area contributed by atoms with Gasteiger partial charge in [-0.2, -0.15) is 10.2 Å². The number of hydrogen-bond donors (Lipinski definition) is 1. The van der Waals surface area contributed by atoms with Crippen molar-refractivity contribution in [2.45, 2.75) is 0 Å². The molecule has 19 heavy (non-hydrogen) atoms. The van der Waals surface area contributed by atoms with Gasteiger partial charge in [0.15, 0.2) is 0 Å². The van der Waals surface area contributed by atoms with Gasteiger partial charge in [-0.1, -0.05) is 35.3 Å². The Hall–Kier alpha value is -1.96. The minimum Gasteiger partial charge on any atom is -0.436 e. The number of nitrogens with zero attached hydrogens (tertiary/aromatic N) is 2. The zero-order chi connectivity index (χ0) is 13.8. The second kappa shape index (κ2) is 5.79. The van der Waals surface area contributed by atoms with Crippen LogP contribution in [0.3, 0.4) is 0 Å². The lowest BCUT2D eigenvalue weighted by Crippen LogP contribution is -1.97.